The monoisotopic (exact) mass is 314 g/mol. The third kappa shape index (κ3) is 2.29. The van der Waals surface area contributed by atoms with E-state index in [1.165, 1.54) is 11.2 Å². The molecule has 1 atom stereocenters. The molecule has 0 N–H and O–H groups in total. The van der Waals surface area contributed by atoms with Crippen LogP contribution in [0.1, 0.15) is 23.2 Å². The predicted octanol–water partition coefficient (Wildman–Crippen LogP) is 1.73. The van der Waals surface area contributed by atoms with Gasteiger partial charge in [-0.1, -0.05) is 0 Å². The van der Waals surface area contributed by atoms with Gasteiger partial charge in [0.2, 0.25) is 5.91 Å². The lowest BCUT2D eigenvalue weighted by Crippen LogP contribution is -2.45. The van der Waals surface area contributed by atoms with Gasteiger partial charge in [0.1, 0.15) is 6.04 Å². The molecule has 0 aromatic carbocycles. The van der Waals surface area contributed by atoms with E-state index in [-0.39, 0.29) is 17.9 Å². The van der Waals surface area contributed by atoms with Crippen molar-refractivity contribution in [1.82, 2.24) is 9.80 Å². The van der Waals surface area contributed by atoms with Gasteiger partial charge >= 0.3 is 0 Å². The minimum atomic E-state index is -0.353. The fraction of sp³-hybridized carbons (Fsp3) is 0.500. The van der Waals surface area contributed by atoms with Gasteiger partial charge in [0, 0.05) is 20.6 Å². The number of furan rings is 1. The first-order valence-corrected chi connectivity index (χ1v) is 6.57. The predicted molar refractivity (Wildman–Crippen MR) is 69.2 cm³/mol. The lowest BCUT2D eigenvalue weighted by molar-refractivity contribution is -0.132. The van der Waals surface area contributed by atoms with Gasteiger partial charge in [0.05, 0.1) is 11.8 Å². The fourth-order valence-electron chi connectivity index (χ4n) is 2.17. The van der Waals surface area contributed by atoms with Crippen molar-refractivity contribution in [3.63, 3.8) is 0 Å². The number of nitrogens with zero attached hydrogens (tertiary/aromatic N) is 2. The quantitative estimate of drug-likeness (QED) is 0.835. The molecule has 1 aliphatic rings. The van der Waals surface area contributed by atoms with Crippen molar-refractivity contribution < 1.29 is 14.0 Å². The second kappa shape index (κ2) is 5.14. The molecule has 1 aromatic rings. The Morgan fingerprint density at radius 1 is 1.50 bits per heavy atom. The minimum absolute atomic E-state index is 0.0273. The minimum Gasteiger partial charge on any atom is -0.457 e. The summed E-state index contributed by atoms with van der Waals surface area (Å²) in [6.45, 7) is 0.612. The Morgan fingerprint density at radius 2 is 2.22 bits per heavy atom. The van der Waals surface area contributed by atoms with Gasteiger partial charge in [-0.05, 0) is 34.8 Å². The van der Waals surface area contributed by atoms with Crippen LogP contribution in [0.25, 0.3) is 0 Å². The van der Waals surface area contributed by atoms with Crippen molar-refractivity contribution in [1.29, 1.82) is 0 Å². The Hall–Kier alpha value is -1.30. The Morgan fingerprint density at radius 3 is 2.78 bits per heavy atom. The van der Waals surface area contributed by atoms with E-state index < -0.39 is 0 Å². The normalized spacial score (nSPS) is 19.1. The van der Waals surface area contributed by atoms with Crippen molar-refractivity contribution in [3.05, 3.63) is 22.6 Å². The van der Waals surface area contributed by atoms with Crippen LogP contribution in [0.4, 0.5) is 0 Å². The molecule has 2 amide bonds. The largest absolute Gasteiger partial charge is 0.457 e. The summed E-state index contributed by atoms with van der Waals surface area (Å²) in [5.41, 5.74) is 0.466. The van der Waals surface area contributed by atoms with Crippen LogP contribution in [0.15, 0.2) is 21.4 Å². The smallest absolute Gasteiger partial charge is 0.259 e. The van der Waals surface area contributed by atoms with Crippen LogP contribution in [0.3, 0.4) is 0 Å². The topological polar surface area (TPSA) is 53.8 Å². The Bertz CT molecular complexity index is 470. The zero-order valence-corrected chi connectivity index (χ0v) is 11.9. The van der Waals surface area contributed by atoms with Crippen LogP contribution < -0.4 is 0 Å². The second-order valence-corrected chi connectivity index (χ2v) is 5.22. The average molecular weight is 315 g/mol. The molecule has 0 bridgehead atoms. The van der Waals surface area contributed by atoms with Crippen LogP contribution in [0, 0.1) is 0 Å². The molecule has 1 fully saturated rings. The van der Waals surface area contributed by atoms with Crippen molar-refractivity contribution in [3.8, 4) is 0 Å². The van der Waals surface area contributed by atoms with Gasteiger partial charge in [-0.25, -0.2) is 0 Å². The van der Waals surface area contributed by atoms with E-state index in [1.807, 2.05) is 0 Å². The highest BCUT2D eigenvalue weighted by atomic mass is 79.9. The van der Waals surface area contributed by atoms with Crippen molar-refractivity contribution >= 4 is 27.7 Å². The third-order valence-electron chi connectivity index (χ3n) is 3.09. The van der Waals surface area contributed by atoms with E-state index in [0.717, 1.165) is 12.8 Å². The van der Waals surface area contributed by atoms with Crippen molar-refractivity contribution in [2.24, 2.45) is 0 Å². The van der Waals surface area contributed by atoms with Gasteiger partial charge in [-0.15, -0.1) is 0 Å². The maximum absolute atomic E-state index is 12.3. The second-order valence-electron chi connectivity index (χ2n) is 4.50. The number of halogens is 1. The summed E-state index contributed by atoms with van der Waals surface area (Å²) in [4.78, 5) is 27.5. The Kier molecular flexibility index (Phi) is 3.75. The van der Waals surface area contributed by atoms with Gasteiger partial charge < -0.3 is 14.2 Å². The van der Waals surface area contributed by atoms with E-state index in [9.17, 15) is 9.59 Å². The third-order valence-corrected chi connectivity index (χ3v) is 3.70. The molecule has 2 heterocycles. The summed E-state index contributed by atoms with van der Waals surface area (Å²) >= 11 is 3.19. The highest BCUT2D eigenvalue weighted by Gasteiger charge is 2.36. The number of likely N-dealkylation sites (tertiary alicyclic amines) is 1. The standard InChI is InChI=1S/C12H15BrN2O3/c1-14(2)12(17)9-4-3-6-15(9)11(16)8-5-7-18-10(8)13/h5,7,9H,3-4,6H2,1-2H3. The van der Waals surface area contributed by atoms with Crippen LogP contribution in [0.5, 0.6) is 0 Å². The summed E-state index contributed by atoms with van der Waals surface area (Å²) in [5, 5.41) is 0. The van der Waals surface area contributed by atoms with E-state index in [4.69, 9.17) is 4.42 Å². The number of likely N-dealkylation sites (N-methyl/N-ethyl adjacent to an activating group) is 1. The molecule has 1 aliphatic heterocycles. The average Bonchev–Trinajstić information content (AvgIpc) is 2.95. The molecule has 1 aromatic heterocycles. The summed E-state index contributed by atoms with van der Waals surface area (Å²) in [5.74, 6) is -0.186. The number of carbonyl (C=O) groups is 2. The zero-order chi connectivity index (χ0) is 13.3. The maximum atomic E-state index is 12.3. The zero-order valence-electron chi connectivity index (χ0n) is 10.4. The lowest BCUT2D eigenvalue weighted by Gasteiger charge is -2.25. The summed E-state index contributed by atoms with van der Waals surface area (Å²) in [6.07, 6.45) is 3.03. The Balaban J connectivity index is 2.20. The molecular formula is C12H15BrN2O3. The van der Waals surface area contributed by atoms with E-state index >= 15 is 0 Å². The number of rotatable bonds is 2. The van der Waals surface area contributed by atoms with Crippen LogP contribution in [0.2, 0.25) is 0 Å². The Labute approximate surface area is 114 Å². The van der Waals surface area contributed by atoms with E-state index in [1.54, 1.807) is 25.1 Å². The lowest BCUT2D eigenvalue weighted by atomic mass is 10.2. The first-order valence-electron chi connectivity index (χ1n) is 5.77. The van der Waals surface area contributed by atoms with Gasteiger partial charge in [0.15, 0.2) is 4.67 Å². The van der Waals surface area contributed by atoms with Gasteiger partial charge in [-0.2, -0.15) is 0 Å². The van der Waals surface area contributed by atoms with E-state index in [2.05, 4.69) is 15.9 Å². The summed E-state index contributed by atoms with van der Waals surface area (Å²) in [6, 6.07) is 1.26. The molecule has 18 heavy (non-hydrogen) atoms. The fourth-order valence-corrected chi connectivity index (χ4v) is 2.58. The molecule has 0 radical (unpaired) electrons. The molecule has 0 aliphatic carbocycles. The first kappa shape index (κ1) is 13.1. The number of hydrogen-bond donors (Lipinski definition) is 0. The molecule has 1 saturated heterocycles. The van der Waals surface area contributed by atoms with Crippen LogP contribution >= 0.6 is 15.9 Å². The SMILES string of the molecule is CN(C)C(=O)C1CCCN1C(=O)c1ccoc1Br. The molecular weight excluding hydrogens is 300 g/mol. The van der Waals surface area contributed by atoms with Crippen molar-refractivity contribution in [2.45, 2.75) is 18.9 Å². The summed E-state index contributed by atoms with van der Waals surface area (Å²) in [7, 11) is 3.41. The molecule has 0 saturated carbocycles. The molecule has 2 rings (SSSR count). The van der Waals surface area contributed by atoms with Gasteiger partial charge in [-0.3, -0.25) is 9.59 Å². The molecule has 98 valence electrons. The number of carbonyl (C=O) groups excluding carboxylic acids is 2. The number of hydrogen-bond acceptors (Lipinski definition) is 3. The van der Waals surface area contributed by atoms with Gasteiger partial charge in [0.25, 0.3) is 5.91 Å². The van der Waals surface area contributed by atoms with Crippen LogP contribution in [-0.2, 0) is 4.79 Å². The molecule has 0 spiro atoms. The molecule has 6 heteroatoms. The highest BCUT2D eigenvalue weighted by Crippen LogP contribution is 2.25. The van der Waals surface area contributed by atoms with E-state index in [0.29, 0.717) is 16.8 Å². The number of amides is 2. The highest BCUT2D eigenvalue weighted by molar-refractivity contribution is 9.10. The van der Waals surface area contributed by atoms with Crippen molar-refractivity contribution in [2.75, 3.05) is 20.6 Å². The summed E-state index contributed by atoms with van der Waals surface area (Å²) < 4.78 is 5.47. The maximum Gasteiger partial charge on any atom is 0.259 e. The first-order chi connectivity index (χ1) is 8.52. The molecule has 5 nitrogen and oxygen atoms in total. The van der Waals surface area contributed by atoms with Crippen LogP contribution in [-0.4, -0.2) is 48.3 Å². The molecule has 1 unspecified atom stereocenters.